The molecular formula is C18H28N2O2. The molecule has 0 bridgehead atoms. The first kappa shape index (κ1) is 16.7. The Morgan fingerprint density at radius 3 is 2.55 bits per heavy atom. The number of anilines is 1. The number of hydrogen-bond acceptors (Lipinski definition) is 3. The van der Waals surface area contributed by atoms with Gasteiger partial charge in [-0.15, -0.1) is 0 Å². The van der Waals surface area contributed by atoms with Crippen molar-refractivity contribution in [2.45, 2.75) is 58.9 Å². The fourth-order valence-electron chi connectivity index (χ4n) is 3.03. The van der Waals surface area contributed by atoms with Crippen LogP contribution in [0, 0.1) is 6.92 Å². The molecule has 0 radical (unpaired) electrons. The van der Waals surface area contributed by atoms with Crippen molar-refractivity contribution in [1.29, 1.82) is 0 Å². The van der Waals surface area contributed by atoms with Crippen molar-refractivity contribution in [1.82, 2.24) is 5.32 Å². The number of amides is 1. The molecule has 1 aromatic rings. The number of aryl methyl sites for hydroxylation is 1. The normalized spacial score (nSPS) is 15.4. The van der Waals surface area contributed by atoms with Gasteiger partial charge in [0, 0.05) is 30.9 Å². The number of rotatable bonds is 5. The van der Waals surface area contributed by atoms with Crippen molar-refractivity contribution < 1.29 is 9.53 Å². The molecule has 122 valence electrons. The maximum atomic E-state index is 12.1. The molecule has 0 atom stereocenters. The number of hydrogen-bond donors (Lipinski definition) is 1. The van der Waals surface area contributed by atoms with E-state index in [1.165, 1.54) is 19.3 Å². The number of carbonyl (C=O) groups excluding carboxylic acids is 1. The maximum absolute atomic E-state index is 12.1. The lowest BCUT2D eigenvalue weighted by atomic mass is 9.96. The molecule has 2 rings (SSSR count). The Kier molecular flexibility index (Phi) is 6.10. The zero-order chi connectivity index (χ0) is 15.9. The third-order valence-corrected chi connectivity index (χ3v) is 4.43. The summed E-state index contributed by atoms with van der Waals surface area (Å²) in [5.74, 6) is 0.651. The summed E-state index contributed by atoms with van der Waals surface area (Å²) in [6.07, 6.45) is 5.47. The van der Waals surface area contributed by atoms with Crippen LogP contribution in [-0.4, -0.2) is 25.2 Å². The van der Waals surface area contributed by atoms with Gasteiger partial charge < -0.3 is 15.0 Å². The monoisotopic (exact) mass is 304 g/mol. The molecule has 1 saturated carbocycles. The molecule has 0 spiro atoms. The van der Waals surface area contributed by atoms with Gasteiger partial charge in [-0.1, -0.05) is 25.3 Å². The van der Waals surface area contributed by atoms with E-state index in [2.05, 4.69) is 30.1 Å². The van der Waals surface area contributed by atoms with Gasteiger partial charge in [-0.2, -0.15) is 0 Å². The standard InChI is InChI=1S/C18H28N2O2/c1-4-20(5-2)16-12-11-14(3)17(13-16)22-18(21)19-15-9-7-6-8-10-15/h11-13,15H,4-10H2,1-3H3,(H,19,21). The highest BCUT2D eigenvalue weighted by Crippen LogP contribution is 2.25. The molecule has 1 amide bonds. The van der Waals surface area contributed by atoms with E-state index >= 15 is 0 Å². The first-order chi connectivity index (χ1) is 10.6. The van der Waals surface area contributed by atoms with Gasteiger partial charge in [0.1, 0.15) is 5.75 Å². The van der Waals surface area contributed by atoms with Crippen molar-refractivity contribution in [2.24, 2.45) is 0 Å². The third-order valence-electron chi connectivity index (χ3n) is 4.43. The Morgan fingerprint density at radius 1 is 1.23 bits per heavy atom. The Balaban J connectivity index is 2.01. The molecule has 0 aromatic heterocycles. The maximum Gasteiger partial charge on any atom is 0.412 e. The fraction of sp³-hybridized carbons (Fsp3) is 0.611. The Bertz CT molecular complexity index is 492. The van der Waals surface area contributed by atoms with Gasteiger partial charge in [0.25, 0.3) is 0 Å². The molecule has 1 aliphatic carbocycles. The van der Waals surface area contributed by atoms with E-state index in [0.29, 0.717) is 5.75 Å². The average molecular weight is 304 g/mol. The number of nitrogens with zero attached hydrogens (tertiary/aromatic N) is 1. The van der Waals surface area contributed by atoms with Crippen LogP contribution < -0.4 is 15.0 Å². The van der Waals surface area contributed by atoms with Gasteiger partial charge in [0.15, 0.2) is 0 Å². The van der Waals surface area contributed by atoms with Gasteiger partial charge in [-0.25, -0.2) is 4.79 Å². The highest BCUT2D eigenvalue weighted by molar-refractivity contribution is 5.72. The summed E-state index contributed by atoms with van der Waals surface area (Å²) >= 11 is 0. The van der Waals surface area contributed by atoms with E-state index in [4.69, 9.17) is 4.74 Å². The Morgan fingerprint density at radius 2 is 1.91 bits per heavy atom. The lowest BCUT2D eigenvalue weighted by Gasteiger charge is -2.24. The van der Waals surface area contributed by atoms with Crippen LogP contribution in [0.3, 0.4) is 0 Å². The number of nitrogens with one attached hydrogen (secondary N) is 1. The van der Waals surface area contributed by atoms with E-state index < -0.39 is 0 Å². The van der Waals surface area contributed by atoms with Crippen molar-refractivity contribution >= 4 is 11.8 Å². The van der Waals surface area contributed by atoms with Crippen molar-refractivity contribution in [3.05, 3.63) is 23.8 Å². The highest BCUT2D eigenvalue weighted by Gasteiger charge is 2.17. The summed E-state index contributed by atoms with van der Waals surface area (Å²) in [4.78, 5) is 14.3. The predicted octanol–water partition coefficient (Wildman–Crippen LogP) is 4.26. The van der Waals surface area contributed by atoms with Crippen LogP contribution in [0.5, 0.6) is 5.75 Å². The second-order valence-electron chi connectivity index (χ2n) is 5.99. The first-order valence-electron chi connectivity index (χ1n) is 8.48. The van der Waals surface area contributed by atoms with Gasteiger partial charge in [0.2, 0.25) is 0 Å². The second kappa shape index (κ2) is 8.06. The molecule has 1 N–H and O–H groups in total. The summed E-state index contributed by atoms with van der Waals surface area (Å²) in [5.41, 5.74) is 2.07. The molecule has 0 heterocycles. The van der Waals surface area contributed by atoms with Gasteiger partial charge in [0.05, 0.1) is 0 Å². The summed E-state index contributed by atoms with van der Waals surface area (Å²) in [6.45, 7) is 8.09. The third kappa shape index (κ3) is 4.39. The summed E-state index contributed by atoms with van der Waals surface area (Å²) in [7, 11) is 0. The molecular weight excluding hydrogens is 276 g/mol. The Hall–Kier alpha value is -1.71. The minimum atomic E-state index is -0.327. The van der Waals surface area contributed by atoms with E-state index in [9.17, 15) is 4.79 Å². The zero-order valence-electron chi connectivity index (χ0n) is 14.0. The molecule has 0 unspecified atom stereocenters. The summed E-state index contributed by atoms with van der Waals surface area (Å²) in [5, 5.41) is 3.00. The molecule has 0 saturated heterocycles. The molecule has 22 heavy (non-hydrogen) atoms. The van der Waals surface area contributed by atoms with Crippen molar-refractivity contribution in [3.8, 4) is 5.75 Å². The topological polar surface area (TPSA) is 41.6 Å². The lowest BCUT2D eigenvalue weighted by molar-refractivity contribution is 0.191. The SMILES string of the molecule is CCN(CC)c1ccc(C)c(OC(=O)NC2CCCCC2)c1. The summed E-state index contributed by atoms with van der Waals surface area (Å²) in [6, 6.07) is 6.32. The quantitative estimate of drug-likeness (QED) is 0.883. The largest absolute Gasteiger partial charge is 0.412 e. The molecule has 1 aliphatic rings. The number of benzene rings is 1. The van der Waals surface area contributed by atoms with Crippen LogP contribution in [0.4, 0.5) is 10.5 Å². The molecule has 0 aliphatic heterocycles. The van der Waals surface area contributed by atoms with Crippen molar-refractivity contribution in [3.63, 3.8) is 0 Å². The molecule has 1 fully saturated rings. The van der Waals surface area contributed by atoms with Crippen LogP contribution in [-0.2, 0) is 0 Å². The Labute approximate surface area is 133 Å². The molecule has 1 aromatic carbocycles. The van der Waals surface area contributed by atoms with E-state index in [0.717, 1.165) is 37.2 Å². The van der Waals surface area contributed by atoms with Gasteiger partial charge in [-0.05, 0) is 45.2 Å². The highest BCUT2D eigenvalue weighted by atomic mass is 16.6. The van der Waals surface area contributed by atoms with E-state index in [-0.39, 0.29) is 12.1 Å². The lowest BCUT2D eigenvalue weighted by Crippen LogP contribution is -2.38. The van der Waals surface area contributed by atoms with Crippen LogP contribution in [0.1, 0.15) is 51.5 Å². The van der Waals surface area contributed by atoms with Crippen molar-refractivity contribution in [2.75, 3.05) is 18.0 Å². The fourth-order valence-corrected chi connectivity index (χ4v) is 3.03. The smallest absolute Gasteiger partial charge is 0.410 e. The van der Waals surface area contributed by atoms with E-state index in [1.54, 1.807) is 0 Å². The molecule has 4 heteroatoms. The van der Waals surface area contributed by atoms with Crippen LogP contribution in [0.25, 0.3) is 0 Å². The number of ether oxygens (including phenoxy) is 1. The number of carbonyl (C=O) groups is 1. The van der Waals surface area contributed by atoms with Crippen LogP contribution in [0.15, 0.2) is 18.2 Å². The van der Waals surface area contributed by atoms with E-state index in [1.807, 2.05) is 19.1 Å². The van der Waals surface area contributed by atoms with Gasteiger partial charge >= 0.3 is 6.09 Å². The second-order valence-corrected chi connectivity index (χ2v) is 5.99. The first-order valence-corrected chi connectivity index (χ1v) is 8.48. The minimum Gasteiger partial charge on any atom is -0.410 e. The zero-order valence-corrected chi connectivity index (χ0v) is 14.0. The predicted molar refractivity (Wildman–Crippen MR) is 90.8 cm³/mol. The minimum absolute atomic E-state index is 0.271. The summed E-state index contributed by atoms with van der Waals surface area (Å²) < 4.78 is 5.55. The van der Waals surface area contributed by atoms with Crippen LogP contribution in [0.2, 0.25) is 0 Å². The average Bonchev–Trinajstić information content (AvgIpc) is 2.52. The van der Waals surface area contributed by atoms with Gasteiger partial charge in [-0.3, -0.25) is 0 Å². The van der Waals surface area contributed by atoms with Crippen LogP contribution >= 0.6 is 0 Å². The molecule has 4 nitrogen and oxygen atoms in total.